The summed E-state index contributed by atoms with van der Waals surface area (Å²) in [6.45, 7) is 0. The van der Waals surface area contributed by atoms with Crippen molar-refractivity contribution in [2.45, 2.75) is 12.5 Å². The molecule has 0 saturated carbocycles. The van der Waals surface area contributed by atoms with Crippen LogP contribution in [0, 0.1) is 5.82 Å². The Hall–Kier alpha value is -1.55. The molecule has 1 aromatic heterocycles. The summed E-state index contributed by atoms with van der Waals surface area (Å²) < 4.78 is 19.1. The third-order valence-corrected chi connectivity index (χ3v) is 4.06. The first-order valence-electron chi connectivity index (χ1n) is 6.42. The average molecular weight is 324 g/mol. The second kappa shape index (κ2) is 5.68. The topological polar surface area (TPSA) is 39.2 Å². The second-order valence-electron chi connectivity index (χ2n) is 4.87. The summed E-state index contributed by atoms with van der Waals surface area (Å²) in [5, 5.41) is 1.69. The van der Waals surface area contributed by atoms with E-state index in [0.717, 1.165) is 5.56 Å². The minimum atomic E-state index is -0.388. The molecule has 3 aromatic rings. The van der Waals surface area contributed by atoms with Gasteiger partial charge >= 0.3 is 0 Å². The number of hydrogen-bond acceptors (Lipinski definition) is 2. The van der Waals surface area contributed by atoms with Crippen LogP contribution in [0.5, 0.6) is 0 Å². The van der Waals surface area contributed by atoms with Crippen molar-refractivity contribution in [2.75, 3.05) is 0 Å². The molecule has 21 heavy (non-hydrogen) atoms. The van der Waals surface area contributed by atoms with Crippen molar-refractivity contribution in [3.8, 4) is 0 Å². The fourth-order valence-corrected chi connectivity index (χ4v) is 2.57. The summed E-state index contributed by atoms with van der Waals surface area (Å²) in [5.74, 6) is 0.154. The molecule has 3 rings (SSSR count). The molecule has 1 atom stereocenters. The Morgan fingerprint density at radius 1 is 1.10 bits per heavy atom. The van der Waals surface area contributed by atoms with Crippen LogP contribution in [0.25, 0.3) is 11.0 Å². The third-order valence-electron chi connectivity index (χ3n) is 3.32. The largest absolute Gasteiger partial charge is 0.456 e. The standard InChI is InChI=1S/C16H12Cl2FNO/c17-11-5-4-9(6-12(11)18)7-14(20)15-8-10-2-1-3-13(19)16(10)21-15/h1-6,8,14H,7,20H2. The first-order valence-corrected chi connectivity index (χ1v) is 7.17. The quantitative estimate of drug-likeness (QED) is 0.726. The number of furan rings is 1. The second-order valence-corrected chi connectivity index (χ2v) is 5.68. The maximum atomic E-state index is 13.6. The van der Waals surface area contributed by atoms with Crippen molar-refractivity contribution in [2.24, 2.45) is 5.73 Å². The molecule has 2 aromatic carbocycles. The number of rotatable bonds is 3. The minimum absolute atomic E-state index is 0.233. The molecule has 0 amide bonds. The summed E-state index contributed by atoms with van der Waals surface area (Å²) in [6, 6.07) is 11.5. The Bertz CT molecular complexity index is 800. The van der Waals surface area contributed by atoms with Gasteiger partial charge in [0.15, 0.2) is 11.4 Å². The van der Waals surface area contributed by atoms with Gasteiger partial charge in [0.1, 0.15) is 5.76 Å². The number of benzene rings is 2. The number of halogens is 3. The summed E-state index contributed by atoms with van der Waals surface area (Å²) in [5.41, 5.74) is 7.31. The summed E-state index contributed by atoms with van der Waals surface area (Å²) in [7, 11) is 0. The van der Waals surface area contributed by atoms with Crippen LogP contribution in [0.1, 0.15) is 17.4 Å². The molecule has 2 N–H and O–H groups in total. The zero-order valence-electron chi connectivity index (χ0n) is 10.9. The van der Waals surface area contributed by atoms with Gasteiger partial charge in [-0.15, -0.1) is 0 Å². The molecule has 1 unspecified atom stereocenters. The maximum absolute atomic E-state index is 13.6. The highest BCUT2D eigenvalue weighted by molar-refractivity contribution is 6.42. The lowest BCUT2D eigenvalue weighted by Crippen LogP contribution is -2.12. The van der Waals surface area contributed by atoms with E-state index in [1.54, 1.807) is 30.3 Å². The van der Waals surface area contributed by atoms with E-state index in [4.69, 9.17) is 33.4 Å². The molecule has 0 fully saturated rings. The van der Waals surface area contributed by atoms with Gasteiger partial charge in [0, 0.05) is 5.39 Å². The van der Waals surface area contributed by atoms with Crippen LogP contribution < -0.4 is 5.73 Å². The van der Waals surface area contributed by atoms with E-state index in [1.165, 1.54) is 6.07 Å². The molecule has 0 saturated heterocycles. The van der Waals surface area contributed by atoms with E-state index < -0.39 is 0 Å². The van der Waals surface area contributed by atoms with Crippen LogP contribution in [0.15, 0.2) is 46.9 Å². The Balaban J connectivity index is 1.87. The van der Waals surface area contributed by atoms with Gasteiger partial charge in [-0.1, -0.05) is 41.4 Å². The highest BCUT2D eigenvalue weighted by Crippen LogP contribution is 2.28. The Morgan fingerprint density at radius 2 is 1.90 bits per heavy atom. The van der Waals surface area contributed by atoms with Gasteiger partial charge in [0.05, 0.1) is 16.1 Å². The smallest absolute Gasteiger partial charge is 0.169 e. The molecular weight excluding hydrogens is 312 g/mol. The molecule has 0 aliphatic carbocycles. The SMILES string of the molecule is NC(Cc1ccc(Cl)c(Cl)c1)c1cc2cccc(F)c2o1. The highest BCUT2D eigenvalue weighted by Gasteiger charge is 2.15. The van der Waals surface area contributed by atoms with E-state index in [2.05, 4.69) is 0 Å². The van der Waals surface area contributed by atoms with Gasteiger partial charge in [0.2, 0.25) is 0 Å². The molecule has 0 aliphatic heterocycles. The molecule has 5 heteroatoms. The zero-order chi connectivity index (χ0) is 15.0. The van der Waals surface area contributed by atoms with Crippen molar-refractivity contribution in [3.05, 3.63) is 69.7 Å². The lowest BCUT2D eigenvalue weighted by molar-refractivity contribution is 0.478. The predicted molar refractivity (Wildman–Crippen MR) is 83.3 cm³/mol. The fraction of sp³-hybridized carbons (Fsp3) is 0.125. The minimum Gasteiger partial charge on any atom is -0.456 e. The van der Waals surface area contributed by atoms with Crippen LogP contribution in [-0.4, -0.2) is 0 Å². The normalized spacial score (nSPS) is 12.8. The monoisotopic (exact) mass is 323 g/mol. The molecule has 1 heterocycles. The van der Waals surface area contributed by atoms with Crippen LogP contribution in [-0.2, 0) is 6.42 Å². The molecule has 108 valence electrons. The Kier molecular flexibility index (Phi) is 3.89. The lowest BCUT2D eigenvalue weighted by atomic mass is 10.0. The van der Waals surface area contributed by atoms with E-state index in [9.17, 15) is 4.39 Å². The summed E-state index contributed by atoms with van der Waals surface area (Å²) >= 11 is 11.9. The number of nitrogens with two attached hydrogens (primary N) is 1. The number of para-hydroxylation sites is 1. The van der Waals surface area contributed by atoms with Gasteiger partial charge in [-0.05, 0) is 36.2 Å². The van der Waals surface area contributed by atoms with E-state index >= 15 is 0 Å². The van der Waals surface area contributed by atoms with E-state index in [-0.39, 0.29) is 17.4 Å². The van der Waals surface area contributed by atoms with Crippen molar-refractivity contribution in [3.63, 3.8) is 0 Å². The zero-order valence-corrected chi connectivity index (χ0v) is 12.5. The first-order chi connectivity index (χ1) is 10.0. The first kappa shape index (κ1) is 14.4. The molecule has 0 radical (unpaired) electrons. The summed E-state index contributed by atoms with van der Waals surface area (Å²) in [6.07, 6.45) is 0.526. The fourth-order valence-electron chi connectivity index (χ4n) is 2.25. The van der Waals surface area contributed by atoms with Gasteiger partial charge in [0.25, 0.3) is 0 Å². The van der Waals surface area contributed by atoms with Crippen LogP contribution in [0.2, 0.25) is 10.0 Å². The van der Waals surface area contributed by atoms with E-state index in [0.29, 0.717) is 27.6 Å². The van der Waals surface area contributed by atoms with Crippen molar-refractivity contribution in [1.29, 1.82) is 0 Å². The van der Waals surface area contributed by atoms with Crippen molar-refractivity contribution < 1.29 is 8.81 Å². The molecule has 2 nitrogen and oxygen atoms in total. The molecular formula is C16H12Cl2FNO. The molecule has 0 spiro atoms. The van der Waals surface area contributed by atoms with Crippen LogP contribution >= 0.6 is 23.2 Å². The highest BCUT2D eigenvalue weighted by atomic mass is 35.5. The number of hydrogen-bond donors (Lipinski definition) is 1. The molecule has 0 aliphatic rings. The van der Waals surface area contributed by atoms with Crippen LogP contribution in [0.3, 0.4) is 0 Å². The summed E-state index contributed by atoms with van der Waals surface area (Å²) in [4.78, 5) is 0. The van der Waals surface area contributed by atoms with Crippen LogP contribution in [0.4, 0.5) is 4.39 Å². The molecule has 0 bridgehead atoms. The van der Waals surface area contributed by atoms with Crippen molar-refractivity contribution in [1.82, 2.24) is 0 Å². The lowest BCUT2D eigenvalue weighted by Gasteiger charge is -2.09. The third kappa shape index (κ3) is 2.91. The van der Waals surface area contributed by atoms with Gasteiger partial charge in [-0.25, -0.2) is 4.39 Å². The van der Waals surface area contributed by atoms with Gasteiger partial charge in [-0.2, -0.15) is 0 Å². The Morgan fingerprint density at radius 3 is 2.62 bits per heavy atom. The number of fused-ring (bicyclic) bond motifs is 1. The predicted octanol–water partition coefficient (Wildman–Crippen LogP) is 5.12. The van der Waals surface area contributed by atoms with Gasteiger partial charge < -0.3 is 10.2 Å². The van der Waals surface area contributed by atoms with Crippen molar-refractivity contribution >= 4 is 34.2 Å². The maximum Gasteiger partial charge on any atom is 0.169 e. The van der Waals surface area contributed by atoms with Gasteiger partial charge in [-0.3, -0.25) is 0 Å². The Labute approximate surface area is 131 Å². The average Bonchev–Trinajstić information content (AvgIpc) is 2.89. The van der Waals surface area contributed by atoms with E-state index in [1.807, 2.05) is 6.07 Å².